The molecule has 0 unspecified atom stereocenters. The first-order valence-corrected chi connectivity index (χ1v) is 14.5. The fourth-order valence-electron chi connectivity index (χ4n) is 5.71. The zero-order valence-corrected chi connectivity index (χ0v) is 23.7. The molecule has 0 N–H and O–H groups in total. The van der Waals surface area contributed by atoms with Gasteiger partial charge in [0.2, 0.25) is 0 Å². The van der Waals surface area contributed by atoms with Crippen molar-refractivity contribution in [2.75, 3.05) is 0 Å². The van der Waals surface area contributed by atoms with Crippen LogP contribution in [0.4, 0.5) is 0 Å². The van der Waals surface area contributed by atoms with Crippen molar-refractivity contribution in [2.45, 2.75) is 0 Å². The molecule has 0 atom stereocenters. The second-order valence-corrected chi connectivity index (χ2v) is 10.6. The van der Waals surface area contributed by atoms with Crippen LogP contribution in [0.15, 0.2) is 152 Å². The van der Waals surface area contributed by atoms with Crippen LogP contribution in [0.2, 0.25) is 0 Å². The maximum absolute atomic E-state index is 5.10. The van der Waals surface area contributed by atoms with Gasteiger partial charge in [0.05, 0.1) is 22.6 Å². The van der Waals surface area contributed by atoms with Gasteiger partial charge in [-0.3, -0.25) is 9.97 Å². The number of hydrogen-bond donors (Lipinski definition) is 0. The summed E-state index contributed by atoms with van der Waals surface area (Å²) < 4.78 is 0. The van der Waals surface area contributed by atoms with Gasteiger partial charge in [0.25, 0.3) is 0 Å². The van der Waals surface area contributed by atoms with Gasteiger partial charge in [-0.05, 0) is 64.4 Å². The second kappa shape index (κ2) is 11.0. The highest BCUT2D eigenvalue weighted by molar-refractivity contribution is 6.13. The van der Waals surface area contributed by atoms with Gasteiger partial charge < -0.3 is 0 Å². The zero-order valence-electron chi connectivity index (χ0n) is 23.7. The lowest BCUT2D eigenvalue weighted by molar-refractivity contribution is 1.18. The van der Waals surface area contributed by atoms with Crippen molar-refractivity contribution in [3.05, 3.63) is 152 Å². The number of pyridine rings is 3. The van der Waals surface area contributed by atoms with Crippen molar-refractivity contribution in [3.8, 4) is 56.3 Å². The average molecular weight is 564 g/mol. The summed E-state index contributed by atoms with van der Waals surface area (Å²) in [5.74, 6) is 0.660. The Balaban J connectivity index is 1.29. The van der Waals surface area contributed by atoms with E-state index in [9.17, 15) is 0 Å². The van der Waals surface area contributed by atoms with E-state index >= 15 is 0 Å². The van der Waals surface area contributed by atoms with Crippen molar-refractivity contribution in [1.82, 2.24) is 24.9 Å². The summed E-state index contributed by atoms with van der Waals surface area (Å²) >= 11 is 0. The highest BCUT2D eigenvalue weighted by atomic mass is 14.9. The summed E-state index contributed by atoms with van der Waals surface area (Å²) in [4.78, 5) is 23.4. The third-order valence-corrected chi connectivity index (χ3v) is 7.90. The monoisotopic (exact) mass is 563 g/mol. The minimum absolute atomic E-state index is 0.660. The molecule has 5 nitrogen and oxygen atoms in total. The zero-order chi connectivity index (χ0) is 29.3. The molecule has 4 heterocycles. The van der Waals surface area contributed by atoms with Crippen LogP contribution in [0.1, 0.15) is 0 Å². The van der Waals surface area contributed by atoms with E-state index in [0.717, 1.165) is 61.4 Å². The van der Waals surface area contributed by atoms with Gasteiger partial charge in [0.1, 0.15) is 0 Å². The van der Waals surface area contributed by atoms with Gasteiger partial charge in [0, 0.05) is 52.4 Å². The standard InChI is InChI=1S/C39H25N5/c1-2-7-28(8-3-1)35-24-33(38-32-9-5-4-6-26(32)14-15-34(38)42-35)27-10-12-31(13-11-27)39-43-36(29-16-20-40-21-17-29)25-37(44-39)30-18-22-41-23-19-30/h1-25H. The first kappa shape index (κ1) is 25.6. The van der Waals surface area contributed by atoms with Crippen molar-refractivity contribution in [2.24, 2.45) is 0 Å². The lowest BCUT2D eigenvalue weighted by Gasteiger charge is -2.14. The molecular formula is C39H25N5. The quantitative estimate of drug-likeness (QED) is 0.195. The molecule has 8 aromatic rings. The van der Waals surface area contributed by atoms with Gasteiger partial charge in [-0.2, -0.15) is 0 Å². The minimum Gasteiger partial charge on any atom is -0.265 e. The fraction of sp³-hybridized carbons (Fsp3) is 0. The molecule has 0 radical (unpaired) electrons. The Bertz CT molecular complexity index is 2190. The van der Waals surface area contributed by atoms with Gasteiger partial charge in [-0.25, -0.2) is 15.0 Å². The number of rotatable bonds is 5. The topological polar surface area (TPSA) is 64.5 Å². The van der Waals surface area contributed by atoms with Crippen molar-refractivity contribution in [1.29, 1.82) is 0 Å². The fourth-order valence-corrected chi connectivity index (χ4v) is 5.71. The van der Waals surface area contributed by atoms with E-state index in [1.54, 1.807) is 24.8 Å². The molecule has 0 saturated heterocycles. The minimum atomic E-state index is 0.660. The van der Waals surface area contributed by atoms with Crippen molar-refractivity contribution < 1.29 is 0 Å². The van der Waals surface area contributed by atoms with Crippen LogP contribution in [-0.4, -0.2) is 24.9 Å². The molecule has 44 heavy (non-hydrogen) atoms. The lowest BCUT2D eigenvalue weighted by Crippen LogP contribution is -1.96. The van der Waals surface area contributed by atoms with Crippen LogP contribution in [0, 0.1) is 0 Å². The van der Waals surface area contributed by atoms with Crippen molar-refractivity contribution >= 4 is 21.7 Å². The Morgan fingerprint density at radius 2 is 0.955 bits per heavy atom. The molecule has 206 valence electrons. The van der Waals surface area contributed by atoms with Gasteiger partial charge in [-0.15, -0.1) is 0 Å². The molecular weight excluding hydrogens is 538 g/mol. The molecule has 0 amide bonds. The van der Waals surface area contributed by atoms with Crippen LogP contribution in [0.5, 0.6) is 0 Å². The third-order valence-electron chi connectivity index (χ3n) is 7.90. The van der Waals surface area contributed by atoms with E-state index in [1.807, 2.05) is 36.4 Å². The number of aromatic nitrogens is 5. The molecule has 0 aliphatic rings. The van der Waals surface area contributed by atoms with Crippen LogP contribution < -0.4 is 0 Å². The molecule has 0 saturated carbocycles. The number of hydrogen-bond acceptors (Lipinski definition) is 5. The second-order valence-electron chi connectivity index (χ2n) is 10.6. The molecule has 0 bridgehead atoms. The Kier molecular flexibility index (Phi) is 6.39. The number of benzene rings is 4. The molecule has 0 aliphatic heterocycles. The van der Waals surface area contributed by atoms with E-state index in [-0.39, 0.29) is 0 Å². The summed E-state index contributed by atoms with van der Waals surface area (Å²) in [7, 11) is 0. The SMILES string of the molecule is c1ccc(-c2cc(-c3ccc(-c4nc(-c5ccncc5)cc(-c5ccncc5)n4)cc3)c3c(ccc4ccccc43)n2)cc1. The molecule has 4 aromatic heterocycles. The summed E-state index contributed by atoms with van der Waals surface area (Å²) in [6.45, 7) is 0. The third kappa shape index (κ3) is 4.76. The Morgan fingerprint density at radius 3 is 1.64 bits per heavy atom. The summed E-state index contributed by atoms with van der Waals surface area (Å²) in [5, 5.41) is 3.52. The van der Waals surface area contributed by atoms with E-state index in [0.29, 0.717) is 5.82 Å². The Labute approximate surface area is 254 Å². The average Bonchev–Trinajstić information content (AvgIpc) is 3.12. The first-order chi connectivity index (χ1) is 21.8. The predicted octanol–water partition coefficient (Wildman–Crippen LogP) is 9.30. The summed E-state index contributed by atoms with van der Waals surface area (Å²) in [6.07, 6.45) is 7.13. The molecule has 0 fully saturated rings. The molecule has 5 heteroatoms. The largest absolute Gasteiger partial charge is 0.265 e. The van der Waals surface area contributed by atoms with Crippen molar-refractivity contribution in [3.63, 3.8) is 0 Å². The summed E-state index contributed by atoms with van der Waals surface area (Å²) in [6, 6.07) is 43.8. The highest BCUT2D eigenvalue weighted by Crippen LogP contribution is 2.37. The van der Waals surface area contributed by atoms with Gasteiger partial charge in [-0.1, -0.05) is 84.9 Å². The molecule has 4 aromatic carbocycles. The number of nitrogens with zero attached hydrogens (tertiary/aromatic N) is 5. The highest BCUT2D eigenvalue weighted by Gasteiger charge is 2.15. The predicted molar refractivity (Wildman–Crippen MR) is 178 cm³/mol. The van der Waals surface area contributed by atoms with Crippen LogP contribution in [0.25, 0.3) is 78.0 Å². The maximum Gasteiger partial charge on any atom is 0.160 e. The van der Waals surface area contributed by atoms with Crippen LogP contribution in [-0.2, 0) is 0 Å². The van der Waals surface area contributed by atoms with E-state index in [4.69, 9.17) is 15.0 Å². The van der Waals surface area contributed by atoms with E-state index in [2.05, 4.69) is 101 Å². The molecule has 0 aliphatic carbocycles. The first-order valence-electron chi connectivity index (χ1n) is 14.5. The molecule has 8 rings (SSSR count). The Hall–Kier alpha value is -6.07. The van der Waals surface area contributed by atoms with E-state index < -0.39 is 0 Å². The summed E-state index contributed by atoms with van der Waals surface area (Å²) in [5.41, 5.74) is 9.84. The van der Waals surface area contributed by atoms with Gasteiger partial charge in [0.15, 0.2) is 5.82 Å². The van der Waals surface area contributed by atoms with Crippen LogP contribution >= 0.6 is 0 Å². The van der Waals surface area contributed by atoms with Gasteiger partial charge >= 0.3 is 0 Å². The van der Waals surface area contributed by atoms with Crippen LogP contribution in [0.3, 0.4) is 0 Å². The maximum atomic E-state index is 5.10. The van der Waals surface area contributed by atoms with E-state index in [1.165, 1.54) is 10.8 Å². The lowest BCUT2D eigenvalue weighted by atomic mass is 9.94. The Morgan fingerprint density at radius 1 is 0.386 bits per heavy atom. The normalized spacial score (nSPS) is 11.2. The number of fused-ring (bicyclic) bond motifs is 3. The smallest absolute Gasteiger partial charge is 0.160 e. The molecule has 0 spiro atoms.